The molecule has 1 aromatic heterocycles. The molecule has 1 aromatic rings. The van der Waals surface area contributed by atoms with Crippen molar-refractivity contribution >= 4 is 32.0 Å². The fraction of sp³-hybridized carbons (Fsp3) is 0.500. The SMILES string of the molecule is Nc1sc(S(=O)(=O)N2CCC(O)C2)cc1[N+](=O)[O-]. The van der Waals surface area contributed by atoms with E-state index >= 15 is 0 Å². The summed E-state index contributed by atoms with van der Waals surface area (Å²) in [6.45, 7) is 0.211. The van der Waals surface area contributed by atoms with Crippen LogP contribution in [-0.2, 0) is 10.0 Å². The van der Waals surface area contributed by atoms with E-state index in [9.17, 15) is 23.6 Å². The Kier molecular flexibility index (Phi) is 3.27. The predicted molar refractivity (Wildman–Crippen MR) is 64.8 cm³/mol. The quantitative estimate of drug-likeness (QED) is 0.596. The molecule has 0 saturated carbocycles. The van der Waals surface area contributed by atoms with Crippen LogP contribution in [0.25, 0.3) is 0 Å². The van der Waals surface area contributed by atoms with E-state index in [-0.39, 0.29) is 22.3 Å². The van der Waals surface area contributed by atoms with Crippen molar-refractivity contribution in [3.05, 3.63) is 16.2 Å². The number of hydrogen-bond donors (Lipinski definition) is 2. The van der Waals surface area contributed by atoms with Gasteiger partial charge in [-0.2, -0.15) is 4.31 Å². The summed E-state index contributed by atoms with van der Waals surface area (Å²) in [6, 6.07) is 0.958. The lowest BCUT2D eigenvalue weighted by Gasteiger charge is -2.13. The van der Waals surface area contributed by atoms with E-state index in [1.165, 1.54) is 0 Å². The molecular weight excluding hydrogens is 282 g/mol. The number of aliphatic hydroxyl groups is 1. The third-order valence-corrected chi connectivity index (χ3v) is 5.90. The number of thiophene rings is 1. The van der Waals surface area contributed by atoms with Gasteiger partial charge in [0.1, 0.15) is 4.21 Å². The number of rotatable bonds is 3. The van der Waals surface area contributed by atoms with Crippen LogP contribution in [-0.4, -0.2) is 41.9 Å². The van der Waals surface area contributed by atoms with Crippen LogP contribution in [0.3, 0.4) is 0 Å². The standard InChI is InChI=1S/C8H11N3O5S2/c9-8-6(11(13)14)3-7(17-8)18(15,16)10-2-1-5(12)4-10/h3,5,12H,1-2,4,9H2. The number of nitro groups is 1. The summed E-state index contributed by atoms with van der Waals surface area (Å²) < 4.78 is 25.2. The highest BCUT2D eigenvalue weighted by Gasteiger charge is 2.34. The van der Waals surface area contributed by atoms with Crippen molar-refractivity contribution in [3.63, 3.8) is 0 Å². The van der Waals surface area contributed by atoms with Crippen LogP contribution in [0.15, 0.2) is 10.3 Å². The van der Waals surface area contributed by atoms with Crippen molar-refractivity contribution in [2.24, 2.45) is 0 Å². The van der Waals surface area contributed by atoms with Crippen LogP contribution in [0.5, 0.6) is 0 Å². The molecule has 0 amide bonds. The van der Waals surface area contributed by atoms with Crippen LogP contribution in [0.2, 0.25) is 0 Å². The first kappa shape index (κ1) is 13.2. The van der Waals surface area contributed by atoms with Gasteiger partial charge in [0.25, 0.3) is 10.0 Å². The molecule has 0 aliphatic carbocycles. The van der Waals surface area contributed by atoms with Gasteiger partial charge in [-0.3, -0.25) is 10.1 Å². The molecule has 0 aromatic carbocycles. The summed E-state index contributed by atoms with van der Waals surface area (Å²) in [7, 11) is -3.80. The highest BCUT2D eigenvalue weighted by Crippen LogP contribution is 2.36. The molecule has 2 heterocycles. The summed E-state index contributed by atoms with van der Waals surface area (Å²) in [4.78, 5) is 9.90. The Hall–Kier alpha value is -1.23. The number of sulfonamides is 1. The van der Waals surface area contributed by atoms with Crippen LogP contribution in [0.1, 0.15) is 6.42 Å². The minimum Gasteiger partial charge on any atom is -0.392 e. The maximum absolute atomic E-state index is 12.1. The fourth-order valence-corrected chi connectivity index (χ4v) is 4.56. The lowest BCUT2D eigenvalue weighted by molar-refractivity contribution is -0.383. The molecular formula is C8H11N3O5S2. The number of aliphatic hydroxyl groups excluding tert-OH is 1. The smallest absolute Gasteiger partial charge is 0.304 e. The number of nitrogen functional groups attached to an aromatic ring is 1. The van der Waals surface area contributed by atoms with Gasteiger partial charge in [-0.25, -0.2) is 8.42 Å². The third kappa shape index (κ3) is 2.19. The van der Waals surface area contributed by atoms with Crippen molar-refractivity contribution in [2.75, 3.05) is 18.8 Å². The highest BCUT2D eigenvalue weighted by molar-refractivity contribution is 7.91. The first-order valence-corrected chi connectivity index (χ1v) is 7.30. The molecule has 0 bridgehead atoms. The van der Waals surface area contributed by atoms with Gasteiger partial charge < -0.3 is 10.8 Å². The summed E-state index contributed by atoms with van der Waals surface area (Å²) >= 11 is 0.663. The zero-order valence-corrected chi connectivity index (χ0v) is 10.8. The van der Waals surface area contributed by atoms with Crippen molar-refractivity contribution < 1.29 is 18.4 Å². The Bertz CT molecular complexity index is 582. The maximum atomic E-state index is 12.1. The van der Waals surface area contributed by atoms with E-state index in [0.717, 1.165) is 10.4 Å². The van der Waals surface area contributed by atoms with Crippen molar-refractivity contribution in [3.8, 4) is 0 Å². The van der Waals surface area contributed by atoms with Crippen LogP contribution >= 0.6 is 11.3 Å². The Morgan fingerprint density at radius 1 is 1.61 bits per heavy atom. The summed E-state index contributed by atoms with van der Waals surface area (Å²) in [6.07, 6.45) is -0.325. The molecule has 1 unspecified atom stereocenters. The van der Waals surface area contributed by atoms with Gasteiger partial charge in [0.15, 0.2) is 5.00 Å². The molecule has 3 N–H and O–H groups in total. The molecule has 100 valence electrons. The average molecular weight is 293 g/mol. The van der Waals surface area contributed by atoms with Gasteiger partial charge in [0.2, 0.25) is 0 Å². The molecule has 2 rings (SSSR count). The zero-order chi connectivity index (χ0) is 13.5. The van der Waals surface area contributed by atoms with Gasteiger partial charge in [-0.05, 0) is 6.42 Å². The second kappa shape index (κ2) is 4.46. The molecule has 0 radical (unpaired) electrons. The molecule has 0 spiro atoms. The van der Waals surface area contributed by atoms with Crippen LogP contribution in [0.4, 0.5) is 10.7 Å². The highest BCUT2D eigenvalue weighted by atomic mass is 32.2. The Balaban J connectivity index is 2.36. The van der Waals surface area contributed by atoms with Gasteiger partial charge in [0.05, 0.1) is 11.0 Å². The lowest BCUT2D eigenvalue weighted by Crippen LogP contribution is -2.29. The summed E-state index contributed by atoms with van der Waals surface area (Å²) in [5.41, 5.74) is 5.01. The van der Waals surface area contributed by atoms with Gasteiger partial charge in [-0.1, -0.05) is 11.3 Å². The Morgan fingerprint density at radius 2 is 2.28 bits per heavy atom. The van der Waals surface area contributed by atoms with E-state index in [4.69, 9.17) is 5.73 Å². The summed E-state index contributed by atoms with van der Waals surface area (Å²) in [5, 5.41) is 19.8. The molecule has 18 heavy (non-hydrogen) atoms. The number of anilines is 1. The number of β-amino-alcohol motifs (C(OH)–C–C–N with tert-alkyl or cyclic N) is 1. The van der Waals surface area contributed by atoms with Gasteiger partial charge in [-0.15, -0.1) is 0 Å². The molecule has 1 aliphatic heterocycles. The number of hydrogen-bond acceptors (Lipinski definition) is 7. The normalized spacial score (nSPS) is 21.3. The lowest BCUT2D eigenvalue weighted by atomic mass is 10.3. The minimum atomic E-state index is -3.80. The second-order valence-corrected chi connectivity index (χ2v) is 7.13. The Labute approximate surface area is 107 Å². The van der Waals surface area contributed by atoms with E-state index in [2.05, 4.69) is 0 Å². The summed E-state index contributed by atoms with van der Waals surface area (Å²) in [5.74, 6) is 0. The third-order valence-electron chi connectivity index (χ3n) is 2.63. The molecule has 1 atom stereocenters. The fourth-order valence-electron chi connectivity index (χ4n) is 1.70. The zero-order valence-electron chi connectivity index (χ0n) is 9.14. The molecule has 1 saturated heterocycles. The van der Waals surface area contributed by atoms with Gasteiger partial charge in [0, 0.05) is 19.2 Å². The van der Waals surface area contributed by atoms with Crippen molar-refractivity contribution in [1.82, 2.24) is 4.31 Å². The van der Waals surface area contributed by atoms with Crippen LogP contribution in [0, 0.1) is 10.1 Å². The minimum absolute atomic E-state index is 0.00787. The molecule has 10 heteroatoms. The van der Waals surface area contributed by atoms with Crippen molar-refractivity contribution in [2.45, 2.75) is 16.7 Å². The maximum Gasteiger partial charge on any atom is 0.304 e. The number of nitrogens with zero attached hydrogens (tertiary/aromatic N) is 2. The first-order chi connectivity index (χ1) is 8.32. The van der Waals surface area contributed by atoms with E-state index < -0.39 is 26.7 Å². The number of nitrogens with two attached hydrogens (primary N) is 1. The monoisotopic (exact) mass is 293 g/mol. The Morgan fingerprint density at radius 3 is 2.72 bits per heavy atom. The largest absolute Gasteiger partial charge is 0.392 e. The second-order valence-electron chi connectivity index (χ2n) is 3.88. The van der Waals surface area contributed by atoms with Crippen molar-refractivity contribution in [1.29, 1.82) is 0 Å². The molecule has 1 aliphatic rings. The topological polar surface area (TPSA) is 127 Å². The predicted octanol–water partition coefficient (Wildman–Crippen LogP) is -0.00620. The van der Waals surface area contributed by atoms with E-state index in [0.29, 0.717) is 17.8 Å². The van der Waals surface area contributed by atoms with Gasteiger partial charge >= 0.3 is 5.69 Å². The average Bonchev–Trinajstić information content (AvgIpc) is 2.84. The first-order valence-electron chi connectivity index (χ1n) is 5.04. The van der Waals surface area contributed by atoms with E-state index in [1.54, 1.807) is 0 Å². The van der Waals surface area contributed by atoms with Crippen LogP contribution < -0.4 is 5.73 Å². The molecule has 8 nitrogen and oxygen atoms in total. The molecule has 1 fully saturated rings. The van der Waals surface area contributed by atoms with E-state index in [1.807, 2.05) is 0 Å².